The molecule has 0 saturated carbocycles. The molecule has 9 nitrogen and oxygen atoms in total. The second-order valence-electron chi connectivity index (χ2n) is 6.92. The fraction of sp³-hybridized carbons (Fsp3) is 0.471. The first-order valence-corrected chi connectivity index (χ1v) is 9.70. The van der Waals surface area contributed by atoms with Crippen molar-refractivity contribution in [3.05, 3.63) is 47.0 Å². The molecule has 1 rings (SSSR count). The number of nitro groups is 1. The first-order chi connectivity index (χ1) is 12.4. The van der Waals surface area contributed by atoms with Gasteiger partial charge in [0.05, 0.1) is 4.92 Å². The van der Waals surface area contributed by atoms with Gasteiger partial charge in [-0.25, -0.2) is 17.9 Å². The zero-order chi connectivity index (χ0) is 20.8. The molecule has 0 fully saturated rings. The Balaban J connectivity index is 2.95. The largest absolute Gasteiger partial charge is 0.444 e. The van der Waals surface area contributed by atoms with E-state index in [2.05, 4.69) is 11.3 Å². The first kappa shape index (κ1) is 22.6. The number of hydrogen-bond acceptors (Lipinski definition) is 6. The van der Waals surface area contributed by atoms with Gasteiger partial charge in [-0.05, 0) is 33.8 Å². The van der Waals surface area contributed by atoms with Crippen LogP contribution in [0, 0.1) is 10.1 Å². The molecule has 1 aromatic carbocycles. The third-order valence-corrected chi connectivity index (χ3v) is 4.84. The summed E-state index contributed by atoms with van der Waals surface area (Å²) in [5.41, 5.74) is -1.23. The smallest absolute Gasteiger partial charge is 0.410 e. The molecule has 27 heavy (non-hydrogen) atoms. The summed E-state index contributed by atoms with van der Waals surface area (Å²) in [7, 11) is -4.15. The van der Waals surface area contributed by atoms with Gasteiger partial charge >= 0.3 is 6.09 Å². The van der Waals surface area contributed by atoms with E-state index in [0.29, 0.717) is 0 Å². The van der Waals surface area contributed by atoms with Gasteiger partial charge in [-0.1, -0.05) is 18.2 Å². The molecule has 0 aliphatic rings. The molecule has 1 unspecified atom stereocenters. The summed E-state index contributed by atoms with van der Waals surface area (Å²) in [5.74, 6) is 0. The molecule has 0 aliphatic heterocycles. The summed E-state index contributed by atoms with van der Waals surface area (Å²) in [4.78, 5) is 23.4. The van der Waals surface area contributed by atoms with E-state index in [0.717, 1.165) is 12.1 Å². The van der Waals surface area contributed by atoms with Crippen LogP contribution < -0.4 is 4.72 Å². The van der Waals surface area contributed by atoms with Crippen LogP contribution in [0.3, 0.4) is 0 Å². The van der Waals surface area contributed by atoms with Crippen LogP contribution >= 0.6 is 0 Å². The number of nitro benzene ring substituents is 1. The van der Waals surface area contributed by atoms with Gasteiger partial charge in [-0.3, -0.25) is 10.1 Å². The maximum Gasteiger partial charge on any atom is 0.410 e. The topological polar surface area (TPSA) is 119 Å². The van der Waals surface area contributed by atoms with Gasteiger partial charge in [0.15, 0.2) is 4.90 Å². The number of ether oxygens (including phenoxy) is 1. The van der Waals surface area contributed by atoms with Crippen LogP contribution in [0.4, 0.5) is 10.5 Å². The molecule has 0 aliphatic carbocycles. The third kappa shape index (κ3) is 6.99. The molecule has 0 aromatic heterocycles. The Morgan fingerprint density at radius 3 is 2.52 bits per heavy atom. The van der Waals surface area contributed by atoms with E-state index < -0.39 is 43.3 Å². The van der Waals surface area contributed by atoms with E-state index in [1.165, 1.54) is 23.1 Å². The predicted molar refractivity (Wildman–Crippen MR) is 101 cm³/mol. The number of amides is 1. The standard InChI is InChI=1S/C17H25N3O6S/c1-6-11-19(16(21)26-17(3,4)5)12-13(2)18-27(24,25)15-10-8-7-9-14(15)20(22)23/h6-10,13,18H,1,11-12H2,2-5H3. The van der Waals surface area contributed by atoms with E-state index in [1.807, 2.05) is 0 Å². The van der Waals surface area contributed by atoms with Crippen LogP contribution in [0.1, 0.15) is 27.7 Å². The molecule has 0 heterocycles. The monoisotopic (exact) mass is 399 g/mol. The van der Waals surface area contributed by atoms with Crippen molar-refractivity contribution >= 4 is 21.8 Å². The van der Waals surface area contributed by atoms with E-state index in [9.17, 15) is 23.3 Å². The van der Waals surface area contributed by atoms with E-state index >= 15 is 0 Å². The maximum absolute atomic E-state index is 12.5. The molecular weight excluding hydrogens is 374 g/mol. The number of nitrogens with zero attached hydrogens (tertiary/aromatic N) is 2. The molecule has 1 atom stereocenters. The highest BCUT2D eigenvalue weighted by molar-refractivity contribution is 7.89. The van der Waals surface area contributed by atoms with Gasteiger partial charge in [0.25, 0.3) is 5.69 Å². The quantitative estimate of drug-likeness (QED) is 0.408. The van der Waals surface area contributed by atoms with Crippen molar-refractivity contribution in [3.8, 4) is 0 Å². The fourth-order valence-electron chi connectivity index (χ4n) is 2.24. The SMILES string of the molecule is C=CCN(CC(C)NS(=O)(=O)c1ccccc1[N+](=O)[O-])C(=O)OC(C)(C)C. The minimum Gasteiger partial charge on any atom is -0.444 e. The lowest BCUT2D eigenvalue weighted by Gasteiger charge is -2.28. The molecule has 1 N–H and O–H groups in total. The van der Waals surface area contributed by atoms with Crippen LogP contribution in [0.15, 0.2) is 41.8 Å². The summed E-state index contributed by atoms with van der Waals surface area (Å²) < 4.78 is 32.7. The number of sulfonamides is 1. The average molecular weight is 399 g/mol. The van der Waals surface area contributed by atoms with Crippen molar-refractivity contribution < 1.29 is 22.9 Å². The molecule has 0 saturated heterocycles. The summed E-state index contributed by atoms with van der Waals surface area (Å²) >= 11 is 0. The molecule has 0 spiro atoms. The highest BCUT2D eigenvalue weighted by Gasteiger charge is 2.28. The number of carbonyl (C=O) groups excluding carboxylic acids is 1. The lowest BCUT2D eigenvalue weighted by Crippen LogP contribution is -2.46. The lowest BCUT2D eigenvalue weighted by molar-refractivity contribution is -0.387. The van der Waals surface area contributed by atoms with E-state index in [-0.39, 0.29) is 13.1 Å². The Morgan fingerprint density at radius 1 is 1.41 bits per heavy atom. The van der Waals surface area contributed by atoms with Gasteiger partial charge in [-0.2, -0.15) is 0 Å². The molecule has 10 heteroatoms. The number of carbonyl (C=O) groups is 1. The minimum atomic E-state index is -4.15. The summed E-state index contributed by atoms with van der Waals surface area (Å²) in [5, 5.41) is 11.1. The highest BCUT2D eigenvalue weighted by Crippen LogP contribution is 2.23. The highest BCUT2D eigenvalue weighted by atomic mass is 32.2. The summed E-state index contributed by atoms with van der Waals surface area (Å²) in [6.07, 6.45) is 0.881. The van der Waals surface area contributed by atoms with Crippen molar-refractivity contribution in [2.75, 3.05) is 13.1 Å². The van der Waals surface area contributed by atoms with Gasteiger partial charge in [0.2, 0.25) is 10.0 Å². The van der Waals surface area contributed by atoms with Crippen molar-refractivity contribution in [2.45, 2.75) is 44.2 Å². The number of rotatable bonds is 8. The minimum absolute atomic E-state index is 0.000788. The maximum atomic E-state index is 12.5. The van der Waals surface area contributed by atoms with Crippen molar-refractivity contribution in [2.24, 2.45) is 0 Å². The van der Waals surface area contributed by atoms with Crippen molar-refractivity contribution in [3.63, 3.8) is 0 Å². The molecule has 150 valence electrons. The van der Waals surface area contributed by atoms with E-state index in [1.54, 1.807) is 27.7 Å². The fourth-order valence-corrected chi connectivity index (χ4v) is 3.64. The van der Waals surface area contributed by atoms with Gasteiger partial charge in [0, 0.05) is 25.2 Å². The van der Waals surface area contributed by atoms with Crippen molar-refractivity contribution in [1.82, 2.24) is 9.62 Å². The van der Waals surface area contributed by atoms with Gasteiger partial charge in [0.1, 0.15) is 5.60 Å². The predicted octanol–water partition coefficient (Wildman–Crippen LogP) is 2.68. The zero-order valence-corrected chi connectivity index (χ0v) is 16.7. The Kier molecular flexibility index (Phi) is 7.49. The van der Waals surface area contributed by atoms with Crippen LogP contribution in [-0.4, -0.2) is 49.1 Å². The van der Waals surface area contributed by atoms with Gasteiger partial charge in [-0.15, -0.1) is 6.58 Å². The Morgan fingerprint density at radius 2 is 2.00 bits per heavy atom. The lowest BCUT2D eigenvalue weighted by atomic mass is 10.2. The van der Waals surface area contributed by atoms with Gasteiger partial charge < -0.3 is 9.64 Å². The van der Waals surface area contributed by atoms with Crippen LogP contribution in [0.25, 0.3) is 0 Å². The van der Waals surface area contributed by atoms with E-state index in [4.69, 9.17) is 4.74 Å². The molecule has 0 radical (unpaired) electrons. The molecular formula is C17H25N3O6S. The van der Waals surface area contributed by atoms with Crippen LogP contribution in [0.2, 0.25) is 0 Å². The van der Waals surface area contributed by atoms with Crippen molar-refractivity contribution in [1.29, 1.82) is 0 Å². The molecule has 0 bridgehead atoms. The number of para-hydroxylation sites is 1. The summed E-state index contributed by atoms with van der Waals surface area (Å²) in [6.45, 7) is 10.4. The summed E-state index contributed by atoms with van der Waals surface area (Å²) in [6, 6.07) is 4.33. The Bertz CT molecular complexity index is 801. The average Bonchev–Trinajstić information content (AvgIpc) is 2.52. The third-order valence-electron chi connectivity index (χ3n) is 3.20. The molecule has 1 amide bonds. The second kappa shape index (κ2) is 8.96. The van der Waals surface area contributed by atoms with Crippen LogP contribution in [0.5, 0.6) is 0 Å². The number of benzene rings is 1. The Labute approximate surface area is 159 Å². The second-order valence-corrected chi connectivity index (χ2v) is 8.60. The normalized spacial score (nSPS) is 12.9. The number of hydrogen-bond donors (Lipinski definition) is 1. The van der Waals surface area contributed by atoms with Crippen LogP contribution in [-0.2, 0) is 14.8 Å². The zero-order valence-electron chi connectivity index (χ0n) is 15.8. The first-order valence-electron chi connectivity index (χ1n) is 8.22. The Hall–Kier alpha value is -2.46. The molecule has 1 aromatic rings. The number of nitrogens with one attached hydrogen (secondary N) is 1.